The van der Waals surface area contributed by atoms with E-state index in [1.807, 2.05) is 24.3 Å². The number of rotatable bonds is 4. The molecule has 1 heterocycles. The van der Waals surface area contributed by atoms with E-state index in [0.29, 0.717) is 17.9 Å². The maximum absolute atomic E-state index is 12.6. The van der Waals surface area contributed by atoms with E-state index >= 15 is 0 Å². The van der Waals surface area contributed by atoms with Crippen LogP contribution in [0.3, 0.4) is 0 Å². The summed E-state index contributed by atoms with van der Waals surface area (Å²) in [6.07, 6.45) is 2.64. The van der Waals surface area contributed by atoms with Crippen molar-refractivity contribution in [1.82, 2.24) is 5.32 Å². The van der Waals surface area contributed by atoms with Crippen LogP contribution >= 0.6 is 0 Å². The van der Waals surface area contributed by atoms with Gasteiger partial charge < -0.3 is 15.4 Å². The quantitative estimate of drug-likeness (QED) is 0.900. The first-order valence-electron chi connectivity index (χ1n) is 8.64. The van der Waals surface area contributed by atoms with Gasteiger partial charge in [-0.05, 0) is 37.1 Å². The fourth-order valence-electron chi connectivity index (χ4n) is 3.06. The van der Waals surface area contributed by atoms with Crippen LogP contribution in [0.1, 0.15) is 41.2 Å². The molecule has 128 valence electrons. The Kier molecular flexibility index (Phi) is 4.14. The molecule has 1 fully saturated rings. The van der Waals surface area contributed by atoms with Gasteiger partial charge in [-0.1, -0.05) is 24.3 Å². The summed E-state index contributed by atoms with van der Waals surface area (Å²) in [6, 6.07) is 14.8. The van der Waals surface area contributed by atoms with Gasteiger partial charge in [0.15, 0.2) is 0 Å². The summed E-state index contributed by atoms with van der Waals surface area (Å²) in [4.78, 5) is 24.5. The third-order valence-corrected chi connectivity index (χ3v) is 4.60. The van der Waals surface area contributed by atoms with Gasteiger partial charge in [0.05, 0.1) is 12.6 Å². The van der Waals surface area contributed by atoms with Gasteiger partial charge in [0, 0.05) is 29.2 Å². The van der Waals surface area contributed by atoms with Crippen molar-refractivity contribution in [3.8, 4) is 5.75 Å². The molecular weight excluding hydrogens is 316 g/mol. The van der Waals surface area contributed by atoms with Gasteiger partial charge in [0.2, 0.25) is 5.91 Å². The van der Waals surface area contributed by atoms with Crippen LogP contribution in [0.15, 0.2) is 48.5 Å². The molecule has 25 heavy (non-hydrogen) atoms. The molecule has 0 aromatic heterocycles. The van der Waals surface area contributed by atoms with Crippen LogP contribution in [0.25, 0.3) is 0 Å². The first-order valence-corrected chi connectivity index (χ1v) is 8.64. The van der Waals surface area contributed by atoms with Gasteiger partial charge in [0.25, 0.3) is 5.91 Å². The number of para-hydroxylation sites is 1. The molecule has 2 aromatic rings. The van der Waals surface area contributed by atoms with Crippen molar-refractivity contribution in [3.05, 3.63) is 59.7 Å². The Morgan fingerprint density at radius 1 is 1.00 bits per heavy atom. The van der Waals surface area contributed by atoms with Crippen LogP contribution in [0.2, 0.25) is 0 Å². The molecule has 0 unspecified atom stereocenters. The highest BCUT2D eigenvalue weighted by molar-refractivity contribution is 5.98. The average molecular weight is 336 g/mol. The number of hydrogen-bond donors (Lipinski definition) is 2. The Bertz CT molecular complexity index is 814. The number of fused-ring (bicyclic) bond motifs is 1. The molecular formula is C20H20N2O3. The van der Waals surface area contributed by atoms with Crippen molar-refractivity contribution in [2.75, 3.05) is 11.9 Å². The smallest absolute Gasteiger partial charge is 0.251 e. The Balaban J connectivity index is 1.47. The van der Waals surface area contributed by atoms with E-state index in [0.717, 1.165) is 30.6 Å². The zero-order valence-electron chi connectivity index (χ0n) is 13.8. The molecule has 5 heteroatoms. The fraction of sp³-hybridized carbons (Fsp3) is 0.300. The maximum atomic E-state index is 12.6. The van der Waals surface area contributed by atoms with E-state index in [9.17, 15) is 9.59 Å². The van der Waals surface area contributed by atoms with E-state index in [2.05, 4.69) is 10.6 Å². The second-order valence-electron chi connectivity index (χ2n) is 6.55. The highest BCUT2D eigenvalue weighted by Crippen LogP contribution is 2.32. The van der Waals surface area contributed by atoms with E-state index < -0.39 is 0 Å². The van der Waals surface area contributed by atoms with E-state index in [1.165, 1.54) is 0 Å². The molecule has 1 aliphatic heterocycles. The summed E-state index contributed by atoms with van der Waals surface area (Å²) in [6.45, 7) is 0.583. The zero-order valence-corrected chi connectivity index (χ0v) is 13.8. The molecule has 0 spiro atoms. The number of anilines is 1. The summed E-state index contributed by atoms with van der Waals surface area (Å²) in [5.41, 5.74) is 2.20. The summed E-state index contributed by atoms with van der Waals surface area (Å²) in [7, 11) is 0. The molecule has 0 saturated heterocycles. The number of hydrogen-bond acceptors (Lipinski definition) is 3. The van der Waals surface area contributed by atoms with Crippen molar-refractivity contribution in [3.63, 3.8) is 0 Å². The standard InChI is InChI=1S/C20H20N2O3/c23-19(13-8-9-13)21-15-5-3-4-14(12-15)20(24)22-17-10-11-25-18-7-2-1-6-16(17)18/h1-7,12-13,17H,8-11H2,(H,21,23)(H,22,24)/t17-/m0/s1. The number of nitrogens with one attached hydrogen (secondary N) is 2. The predicted molar refractivity (Wildman–Crippen MR) is 94.6 cm³/mol. The van der Waals surface area contributed by atoms with Crippen LogP contribution in [0.4, 0.5) is 5.69 Å². The highest BCUT2D eigenvalue weighted by atomic mass is 16.5. The molecule has 1 atom stereocenters. The van der Waals surface area contributed by atoms with Gasteiger partial charge in [-0.25, -0.2) is 0 Å². The van der Waals surface area contributed by atoms with Crippen molar-refractivity contribution in [1.29, 1.82) is 0 Å². The minimum absolute atomic E-state index is 0.0379. The Hall–Kier alpha value is -2.82. The molecule has 5 nitrogen and oxygen atoms in total. The lowest BCUT2D eigenvalue weighted by atomic mass is 10.00. The average Bonchev–Trinajstić information content (AvgIpc) is 3.47. The van der Waals surface area contributed by atoms with Gasteiger partial charge in [-0.2, -0.15) is 0 Å². The summed E-state index contributed by atoms with van der Waals surface area (Å²) < 4.78 is 5.63. The van der Waals surface area contributed by atoms with Gasteiger partial charge >= 0.3 is 0 Å². The largest absolute Gasteiger partial charge is 0.493 e. The monoisotopic (exact) mass is 336 g/mol. The number of ether oxygens (including phenoxy) is 1. The molecule has 0 radical (unpaired) electrons. The number of carbonyl (C=O) groups excluding carboxylic acids is 2. The minimum Gasteiger partial charge on any atom is -0.493 e. The Labute approximate surface area is 146 Å². The lowest BCUT2D eigenvalue weighted by Crippen LogP contribution is -2.32. The zero-order chi connectivity index (χ0) is 17.2. The summed E-state index contributed by atoms with van der Waals surface area (Å²) in [5, 5.41) is 5.95. The van der Waals surface area contributed by atoms with Crippen molar-refractivity contribution >= 4 is 17.5 Å². The maximum Gasteiger partial charge on any atom is 0.251 e. The topological polar surface area (TPSA) is 67.4 Å². The number of carbonyl (C=O) groups is 2. The summed E-state index contributed by atoms with van der Waals surface area (Å²) >= 11 is 0. The normalized spacial score (nSPS) is 18.6. The SMILES string of the molecule is O=C(N[C@H]1CCOc2ccccc21)c1cccc(NC(=O)C2CC2)c1. The second kappa shape index (κ2) is 6.59. The predicted octanol–water partition coefficient (Wildman–Crippen LogP) is 3.29. The first-order chi connectivity index (χ1) is 12.2. The second-order valence-corrected chi connectivity index (χ2v) is 6.55. The first kappa shape index (κ1) is 15.7. The molecule has 2 aliphatic rings. The third-order valence-electron chi connectivity index (χ3n) is 4.60. The third kappa shape index (κ3) is 3.50. The number of benzene rings is 2. The van der Waals surface area contributed by atoms with Crippen LogP contribution in [0.5, 0.6) is 5.75 Å². The highest BCUT2D eigenvalue weighted by Gasteiger charge is 2.29. The van der Waals surface area contributed by atoms with Crippen LogP contribution in [-0.4, -0.2) is 18.4 Å². The van der Waals surface area contributed by atoms with Gasteiger partial charge in [-0.15, -0.1) is 0 Å². The molecule has 1 aliphatic carbocycles. The fourth-order valence-corrected chi connectivity index (χ4v) is 3.06. The van der Waals surface area contributed by atoms with Crippen molar-refractivity contribution in [2.45, 2.75) is 25.3 Å². The van der Waals surface area contributed by atoms with Gasteiger partial charge in [0.1, 0.15) is 5.75 Å². The van der Waals surface area contributed by atoms with Crippen LogP contribution < -0.4 is 15.4 Å². The molecule has 2 aromatic carbocycles. The molecule has 4 rings (SSSR count). The van der Waals surface area contributed by atoms with E-state index in [1.54, 1.807) is 24.3 Å². The van der Waals surface area contributed by atoms with Crippen LogP contribution in [-0.2, 0) is 4.79 Å². The van der Waals surface area contributed by atoms with Gasteiger partial charge in [-0.3, -0.25) is 9.59 Å². The lowest BCUT2D eigenvalue weighted by Gasteiger charge is -2.26. The van der Waals surface area contributed by atoms with E-state index in [-0.39, 0.29) is 23.8 Å². The number of amides is 2. The Morgan fingerprint density at radius 3 is 2.68 bits per heavy atom. The Morgan fingerprint density at radius 2 is 1.84 bits per heavy atom. The molecule has 0 bridgehead atoms. The lowest BCUT2D eigenvalue weighted by molar-refractivity contribution is -0.117. The van der Waals surface area contributed by atoms with Crippen molar-refractivity contribution < 1.29 is 14.3 Å². The van der Waals surface area contributed by atoms with Crippen LogP contribution in [0, 0.1) is 5.92 Å². The van der Waals surface area contributed by atoms with E-state index in [4.69, 9.17) is 4.74 Å². The van der Waals surface area contributed by atoms with Crippen molar-refractivity contribution in [2.24, 2.45) is 5.92 Å². The molecule has 2 amide bonds. The minimum atomic E-state index is -0.149. The summed E-state index contributed by atoms with van der Waals surface area (Å²) in [5.74, 6) is 0.848. The molecule has 1 saturated carbocycles. The molecule has 2 N–H and O–H groups in total.